The summed E-state index contributed by atoms with van der Waals surface area (Å²) in [5.41, 5.74) is 5.36. The lowest BCUT2D eigenvalue weighted by Crippen LogP contribution is -2.34. The highest BCUT2D eigenvalue weighted by Gasteiger charge is 2.29. The van der Waals surface area contributed by atoms with Crippen molar-refractivity contribution in [2.24, 2.45) is 5.73 Å². The summed E-state index contributed by atoms with van der Waals surface area (Å²) in [4.78, 5) is 0. The molecule has 1 aliphatic carbocycles. The van der Waals surface area contributed by atoms with Crippen LogP contribution in [-0.2, 0) is 0 Å². The van der Waals surface area contributed by atoms with Gasteiger partial charge in [-0.15, -0.1) is 12.4 Å². The Bertz CT molecular complexity index is 81.0. The molecular weight excluding hydrogens is 142 g/mol. The molecule has 0 spiro atoms. The lowest BCUT2D eigenvalue weighted by Gasteiger charge is -2.09. The van der Waals surface area contributed by atoms with Gasteiger partial charge in [-0.2, -0.15) is 0 Å². The first-order valence-electron chi connectivity index (χ1n) is 2.83. The number of aliphatic hydroxyl groups excluding tert-OH is 2. The average Bonchev–Trinajstić information content (AvgIpc) is 1.98. The Hall–Kier alpha value is 0.170. The fourth-order valence-corrected chi connectivity index (χ4v) is 0.990. The standard InChI is InChI=1S/C5H11NO2.ClH/c6-3-1-2-4(7)5(3)8;/h3-5,7-8H,1-2,6H2;1H. The molecule has 0 saturated heterocycles. The van der Waals surface area contributed by atoms with Gasteiger partial charge in [0.15, 0.2) is 0 Å². The van der Waals surface area contributed by atoms with E-state index in [9.17, 15) is 0 Å². The number of aliphatic hydroxyl groups is 2. The third-order valence-corrected chi connectivity index (χ3v) is 1.63. The Kier molecular flexibility index (Phi) is 3.43. The number of hydrogen-bond donors (Lipinski definition) is 3. The van der Waals surface area contributed by atoms with E-state index in [1.165, 1.54) is 0 Å². The molecule has 4 heteroatoms. The summed E-state index contributed by atoms with van der Waals surface area (Å²) >= 11 is 0. The second kappa shape index (κ2) is 3.37. The minimum absolute atomic E-state index is 0. The average molecular weight is 154 g/mol. The zero-order chi connectivity index (χ0) is 6.15. The van der Waals surface area contributed by atoms with Gasteiger partial charge in [0.05, 0.1) is 12.2 Å². The molecule has 1 rings (SSSR count). The molecule has 4 N–H and O–H groups in total. The van der Waals surface area contributed by atoms with E-state index in [1.807, 2.05) is 0 Å². The van der Waals surface area contributed by atoms with Crippen LogP contribution in [0, 0.1) is 0 Å². The molecule has 3 unspecified atom stereocenters. The lowest BCUT2D eigenvalue weighted by molar-refractivity contribution is 0.0364. The smallest absolute Gasteiger partial charge is 0.0949 e. The molecule has 56 valence electrons. The number of halogens is 1. The molecule has 0 radical (unpaired) electrons. The molecule has 0 heterocycles. The maximum absolute atomic E-state index is 8.89. The van der Waals surface area contributed by atoms with Crippen molar-refractivity contribution in [1.29, 1.82) is 0 Å². The normalized spacial score (nSPS) is 42.3. The number of rotatable bonds is 0. The van der Waals surface area contributed by atoms with E-state index in [1.54, 1.807) is 0 Å². The van der Waals surface area contributed by atoms with E-state index in [2.05, 4.69) is 0 Å². The Morgan fingerprint density at radius 2 is 1.78 bits per heavy atom. The molecule has 1 saturated carbocycles. The number of hydrogen-bond acceptors (Lipinski definition) is 3. The quantitative estimate of drug-likeness (QED) is 0.429. The van der Waals surface area contributed by atoms with Crippen LogP contribution in [0.1, 0.15) is 12.8 Å². The minimum Gasteiger partial charge on any atom is -0.390 e. The highest BCUT2D eigenvalue weighted by atomic mass is 35.5. The topological polar surface area (TPSA) is 66.5 Å². The summed E-state index contributed by atoms with van der Waals surface area (Å²) in [5, 5.41) is 17.7. The zero-order valence-electron chi connectivity index (χ0n) is 5.03. The van der Waals surface area contributed by atoms with Crippen molar-refractivity contribution in [3.05, 3.63) is 0 Å². The van der Waals surface area contributed by atoms with E-state index in [4.69, 9.17) is 15.9 Å². The Morgan fingerprint density at radius 3 is 1.89 bits per heavy atom. The minimum atomic E-state index is -0.685. The summed E-state index contributed by atoms with van der Waals surface area (Å²) in [5.74, 6) is 0. The van der Waals surface area contributed by atoms with Gasteiger partial charge in [0.25, 0.3) is 0 Å². The van der Waals surface area contributed by atoms with Gasteiger partial charge < -0.3 is 15.9 Å². The van der Waals surface area contributed by atoms with Gasteiger partial charge in [0.1, 0.15) is 0 Å². The van der Waals surface area contributed by atoms with Crippen LogP contribution >= 0.6 is 12.4 Å². The van der Waals surface area contributed by atoms with Crippen LogP contribution in [0.5, 0.6) is 0 Å². The number of nitrogens with two attached hydrogens (primary N) is 1. The molecular formula is C5H12ClNO2. The summed E-state index contributed by atoms with van der Waals surface area (Å²) in [6.45, 7) is 0. The van der Waals surface area contributed by atoms with Crippen LogP contribution in [0.2, 0.25) is 0 Å². The SMILES string of the molecule is Cl.NC1CCC(O)C1O. The first-order chi connectivity index (χ1) is 3.72. The Balaban J connectivity index is 0.000000640. The van der Waals surface area contributed by atoms with Crippen molar-refractivity contribution < 1.29 is 10.2 Å². The molecule has 0 amide bonds. The molecule has 0 aromatic heterocycles. The monoisotopic (exact) mass is 153 g/mol. The molecule has 3 atom stereocenters. The second-order valence-corrected chi connectivity index (χ2v) is 2.30. The molecule has 1 aliphatic rings. The van der Waals surface area contributed by atoms with Crippen LogP contribution in [0.3, 0.4) is 0 Å². The maximum Gasteiger partial charge on any atom is 0.0949 e. The summed E-state index contributed by atoms with van der Waals surface area (Å²) in [7, 11) is 0. The molecule has 1 fully saturated rings. The van der Waals surface area contributed by atoms with Crippen molar-refractivity contribution in [3.63, 3.8) is 0 Å². The summed E-state index contributed by atoms with van der Waals surface area (Å²) in [6, 6.07) is -0.204. The third-order valence-electron chi connectivity index (χ3n) is 1.63. The fraction of sp³-hybridized carbons (Fsp3) is 1.00. The third kappa shape index (κ3) is 1.79. The molecule has 0 aromatic rings. The maximum atomic E-state index is 8.89. The summed E-state index contributed by atoms with van der Waals surface area (Å²) in [6.07, 6.45) is 0.116. The molecule has 0 aliphatic heterocycles. The van der Waals surface area contributed by atoms with Crippen LogP contribution in [0.25, 0.3) is 0 Å². The van der Waals surface area contributed by atoms with E-state index in [0.717, 1.165) is 6.42 Å². The van der Waals surface area contributed by atoms with Crippen molar-refractivity contribution in [1.82, 2.24) is 0 Å². The first-order valence-corrected chi connectivity index (χ1v) is 2.83. The molecule has 0 aromatic carbocycles. The van der Waals surface area contributed by atoms with Crippen LogP contribution in [0.15, 0.2) is 0 Å². The first kappa shape index (κ1) is 9.17. The van der Waals surface area contributed by atoms with Crippen molar-refractivity contribution >= 4 is 12.4 Å². The van der Waals surface area contributed by atoms with Gasteiger partial charge in [-0.05, 0) is 12.8 Å². The fourth-order valence-electron chi connectivity index (χ4n) is 0.990. The van der Waals surface area contributed by atoms with Crippen molar-refractivity contribution in [2.45, 2.75) is 31.1 Å². The van der Waals surface area contributed by atoms with Gasteiger partial charge in [-0.1, -0.05) is 0 Å². The Labute approximate surface area is 60.3 Å². The highest BCUT2D eigenvalue weighted by Crippen LogP contribution is 2.17. The van der Waals surface area contributed by atoms with Crippen LogP contribution in [0.4, 0.5) is 0 Å². The molecule has 9 heavy (non-hydrogen) atoms. The largest absolute Gasteiger partial charge is 0.390 e. The second-order valence-electron chi connectivity index (χ2n) is 2.30. The molecule has 0 bridgehead atoms. The zero-order valence-corrected chi connectivity index (χ0v) is 5.84. The van der Waals surface area contributed by atoms with E-state index in [-0.39, 0.29) is 18.4 Å². The van der Waals surface area contributed by atoms with Crippen molar-refractivity contribution in [3.8, 4) is 0 Å². The van der Waals surface area contributed by atoms with Crippen molar-refractivity contribution in [2.75, 3.05) is 0 Å². The van der Waals surface area contributed by atoms with Crippen LogP contribution < -0.4 is 5.73 Å². The Morgan fingerprint density at radius 1 is 1.22 bits per heavy atom. The van der Waals surface area contributed by atoms with Crippen LogP contribution in [-0.4, -0.2) is 28.5 Å². The predicted molar refractivity (Wildman–Crippen MR) is 36.5 cm³/mol. The highest BCUT2D eigenvalue weighted by molar-refractivity contribution is 5.85. The van der Waals surface area contributed by atoms with Gasteiger partial charge in [0, 0.05) is 6.04 Å². The van der Waals surface area contributed by atoms with Gasteiger partial charge in [-0.3, -0.25) is 0 Å². The lowest BCUT2D eigenvalue weighted by atomic mass is 10.2. The molecule has 3 nitrogen and oxygen atoms in total. The van der Waals surface area contributed by atoms with Gasteiger partial charge >= 0.3 is 0 Å². The predicted octanol–water partition coefficient (Wildman–Crippen LogP) is -0.749. The van der Waals surface area contributed by atoms with E-state index >= 15 is 0 Å². The van der Waals surface area contributed by atoms with Gasteiger partial charge in [-0.25, -0.2) is 0 Å². The van der Waals surface area contributed by atoms with E-state index < -0.39 is 12.2 Å². The summed E-state index contributed by atoms with van der Waals surface area (Å²) < 4.78 is 0. The van der Waals surface area contributed by atoms with Gasteiger partial charge in [0.2, 0.25) is 0 Å². The van der Waals surface area contributed by atoms with E-state index in [0.29, 0.717) is 6.42 Å².